The van der Waals surface area contributed by atoms with Crippen molar-refractivity contribution >= 4 is 36.3 Å². The number of hydrogen-bond acceptors (Lipinski definition) is 5. The molecule has 0 bridgehead atoms. The number of aldehydes is 1. The molecule has 0 aliphatic carbocycles. The molecule has 8 heteroatoms. The number of carbonyl (C=O) groups excluding carboxylic acids is 4. The fraction of sp³-hybridized carbons (Fsp3) is 0.286. The Labute approximate surface area is 129 Å². The summed E-state index contributed by atoms with van der Waals surface area (Å²) in [5.74, 6) is -1.66. The Morgan fingerprint density at radius 2 is 2.05 bits per heavy atom. The molecule has 2 aliphatic heterocycles. The third-order valence-corrected chi connectivity index (χ3v) is 4.41. The molecular formula is C14H11FN2O4S. The van der Waals surface area contributed by atoms with Crippen molar-refractivity contribution in [3.05, 3.63) is 34.9 Å². The maximum Gasteiger partial charge on any atom is 0.264 e. The Bertz CT molecular complexity index is 693. The summed E-state index contributed by atoms with van der Waals surface area (Å²) in [7, 11) is 0. The highest BCUT2D eigenvalue weighted by Gasteiger charge is 2.43. The molecule has 1 unspecified atom stereocenters. The van der Waals surface area contributed by atoms with Crippen molar-refractivity contribution in [2.75, 3.05) is 0 Å². The third-order valence-electron chi connectivity index (χ3n) is 3.89. The Morgan fingerprint density at radius 1 is 1.27 bits per heavy atom. The van der Waals surface area contributed by atoms with Crippen molar-refractivity contribution in [3.8, 4) is 0 Å². The van der Waals surface area contributed by atoms with Gasteiger partial charge in [-0.1, -0.05) is 6.07 Å². The number of hydrogen-bond donors (Lipinski definition) is 0. The fourth-order valence-electron chi connectivity index (χ4n) is 2.79. The van der Waals surface area contributed by atoms with Crippen molar-refractivity contribution < 1.29 is 23.1 Å². The van der Waals surface area contributed by atoms with Crippen LogP contribution < -0.4 is 0 Å². The first kappa shape index (κ1) is 14.7. The number of rotatable bonds is 3. The van der Waals surface area contributed by atoms with Crippen LogP contribution in [-0.4, -0.2) is 39.3 Å². The minimum absolute atomic E-state index is 0.00698. The second-order valence-corrected chi connectivity index (χ2v) is 5.62. The largest absolute Gasteiger partial charge is 0.322 e. The first-order valence-corrected chi connectivity index (χ1v) is 7.28. The molecule has 0 radical (unpaired) electrons. The topological polar surface area (TPSA) is 74.8 Å². The predicted molar refractivity (Wildman–Crippen MR) is 75.3 cm³/mol. The van der Waals surface area contributed by atoms with E-state index in [2.05, 4.69) is 0 Å². The number of fused-ring (bicyclic) bond motifs is 1. The van der Waals surface area contributed by atoms with Gasteiger partial charge in [-0.2, -0.15) is 4.31 Å². The highest BCUT2D eigenvalue weighted by Crippen LogP contribution is 2.31. The smallest absolute Gasteiger partial charge is 0.264 e. The van der Waals surface area contributed by atoms with Gasteiger partial charge in [0.25, 0.3) is 11.8 Å². The molecule has 6 nitrogen and oxygen atoms in total. The third kappa shape index (κ3) is 2.19. The second kappa shape index (κ2) is 5.53. The van der Waals surface area contributed by atoms with Crippen molar-refractivity contribution in [2.45, 2.75) is 25.4 Å². The van der Waals surface area contributed by atoms with Gasteiger partial charge in [0.15, 0.2) is 12.3 Å². The Morgan fingerprint density at radius 3 is 2.73 bits per heavy atom. The number of benzene rings is 1. The van der Waals surface area contributed by atoms with E-state index in [9.17, 15) is 23.1 Å². The summed E-state index contributed by atoms with van der Waals surface area (Å²) in [4.78, 5) is 48.2. The van der Waals surface area contributed by atoms with Gasteiger partial charge in [0.2, 0.25) is 5.91 Å². The zero-order valence-corrected chi connectivity index (χ0v) is 12.1. The van der Waals surface area contributed by atoms with Crippen LogP contribution >= 0.6 is 12.3 Å². The summed E-state index contributed by atoms with van der Waals surface area (Å²) in [6.07, 6.45) is 0.862. The average Bonchev–Trinajstić information content (AvgIpc) is 2.84. The van der Waals surface area contributed by atoms with E-state index < -0.39 is 30.2 Å². The zero-order valence-electron chi connectivity index (χ0n) is 11.3. The van der Waals surface area contributed by atoms with E-state index in [1.54, 1.807) is 12.1 Å². The van der Waals surface area contributed by atoms with Crippen molar-refractivity contribution in [3.63, 3.8) is 0 Å². The Balaban J connectivity index is 1.88. The quantitative estimate of drug-likeness (QED) is 0.479. The molecule has 0 aromatic heterocycles. The van der Waals surface area contributed by atoms with E-state index in [0.717, 1.165) is 0 Å². The molecule has 1 aromatic carbocycles. The van der Waals surface area contributed by atoms with Gasteiger partial charge in [-0.15, -0.1) is 3.89 Å². The summed E-state index contributed by atoms with van der Waals surface area (Å²) in [6.45, 7) is 0.172. The van der Waals surface area contributed by atoms with Gasteiger partial charge in [0, 0.05) is 24.1 Å². The Hall–Kier alpha value is -2.22. The summed E-state index contributed by atoms with van der Waals surface area (Å²) < 4.78 is 13.2. The van der Waals surface area contributed by atoms with Crippen molar-refractivity contribution in [1.29, 1.82) is 0 Å². The summed E-state index contributed by atoms with van der Waals surface area (Å²) in [5, 5.41) is 0. The van der Waals surface area contributed by atoms with Gasteiger partial charge in [-0.05, 0) is 24.1 Å². The van der Waals surface area contributed by atoms with Crippen LogP contribution in [-0.2, 0) is 16.1 Å². The minimum Gasteiger partial charge on any atom is -0.322 e. The van der Waals surface area contributed by atoms with Crippen LogP contribution in [0, 0.1) is 0 Å². The molecule has 1 fully saturated rings. The van der Waals surface area contributed by atoms with Crippen LogP contribution in [0.5, 0.6) is 0 Å². The van der Waals surface area contributed by atoms with Crippen LogP contribution in [0.25, 0.3) is 0 Å². The van der Waals surface area contributed by atoms with Crippen LogP contribution in [0.4, 0.5) is 3.89 Å². The van der Waals surface area contributed by atoms with Crippen molar-refractivity contribution in [2.24, 2.45) is 0 Å². The summed E-state index contributed by atoms with van der Waals surface area (Å²) in [5.41, 5.74) is 1.52. The van der Waals surface area contributed by atoms with Gasteiger partial charge >= 0.3 is 0 Å². The molecule has 0 N–H and O–H groups in total. The first-order valence-electron chi connectivity index (χ1n) is 6.61. The van der Waals surface area contributed by atoms with Crippen LogP contribution in [0.1, 0.15) is 39.1 Å². The lowest BCUT2D eigenvalue weighted by Crippen LogP contribution is -2.51. The van der Waals surface area contributed by atoms with Gasteiger partial charge in [0.05, 0.1) is 0 Å². The number of nitrogens with zero attached hydrogens (tertiary/aromatic N) is 2. The van der Waals surface area contributed by atoms with Gasteiger partial charge in [-0.25, -0.2) is 0 Å². The monoisotopic (exact) mass is 322 g/mol. The number of piperidine rings is 1. The number of imide groups is 1. The lowest BCUT2D eigenvalue weighted by Gasteiger charge is -2.32. The molecule has 0 saturated carbocycles. The van der Waals surface area contributed by atoms with Crippen LogP contribution in [0.15, 0.2) is 18.2 Å². The highest BCUT2D eigenvalue weighted by atomic mass is 32.2. The summed E-state index contributed by atoms with van der Waals surface area (Å²) >= 11 is -0.434. The number of halogens is 1. The first-order chi connectivity index (χ1) is 10.6. The van der Waals surface area contributed by atoms with E-state index >= 15 is 0 Å². The van der Waals surface area contributed by atoms with Crippen LogP contribution in [0.2, 0.25) is 0 Å². The predicted octanol–water partition coefficient (Wildman–Crippen LogP) is 1.51. The van der Waals surface area contributed by atoms with Crippen molar-refractivity contribution in [1.82, 2.24) is 9.21 Å². The van der Waals surface area contributed by atoms with Gasteiger partial charge < -0.3 is 4.90 Å². The van der Waals surface area contributed by atoms with E-state index in [1.165, 1.54) is 11.0 Å². The molecule has 1 aromatic rings. The van der Waals surface area contributed by atoms with Gasteiger partial charge in [-0.3, -0.25) is 19.2 Å². The van der Waals surface area contributed by atoms with E-state index in [-0.39, 0.29) is 25.3 Å². The maximum absolute atomic E-state index is 12.8. The lowest BCUT2D eigenvalue weighted by molar-refractivity contribution is -0.145. The molecular weight excluding hydrogens is 311 g/mol. The molecule has 1 saturated heterocycles. The normalized spacial score (nSPS) is 21.3. The molecule has 114 valence electrons. The van der Waals surface area contributed by atoms with E-state index in [4.69, 9.17) is 0 Å². The number of carbonyl (C=O) groups is 4. The molecule has 3 amide bonds. The van der Waals surface area contributed by atoms with E-state index in [1.807, 2.05) is 0 Å². The molecule has 1 atom stereocenters. The van der Waals surface area contributed by atoms with Gasteiger partial charge in [0.1, 0.15) is 12.3 Å². The Kier molecular flexibility index (Phi) is 3.69. The van der Waals surface area contributed by atoms with E-state index in [0.29, 0.717) is 27.3 Å². The minimum atomic E-state index is -0.861. The fourth-order valence-corrected chi connectivity index (χ4v) is 3.15. The SMILES string of the molecule is O=Cc1ccc2c(c1)CN(C1CCC(=O)N(SF)C1=O)C2=O. The lowest BCUT2D eigenvalue weighted by atomic mass is 10.0. The zero-order chi connectivity index (χ0) is 15.9. The molecule has 3 rings (SSSR count). The van der Waals surface area contributed by atoms with Crippen LogP contribution in [0.3, 0.4) is 0 Å². The molecule has 22 heavy (non-hydrogen) atoms. The summed E-state index contributed by atoms with van der Waals surface area (Å²) in [6, 6.07) is 3.81. The maximum atomic E-state index is 12.8. The molecule has 2 aliphatic rings. The highest BCUT2D eigenvalue weighted by molar-refractivity contribution is 7.93. The molecule has 2 heterocycles. The second-order valence-electron chi connectivity index (χ2n) is 5.12. The standard InChI is InChI=1S/C14H11FN2O4S/c15-22-17-12(19)4-3-11(14(17)21)16-6-9-5-8(7-18)1-2-10(9)13(16)20/h1-2,5,7,11H,3-4,6H2. The average molecular weight is 322 g/mol. The number of amides is 3. The molecule has 0 spiro atoms.